The Morgan fingerprint density at radius 1 is 1.14 bits per heavy atom. The Balaban J connectivity index is 3.73. The van der Waals surface area contributed by atoms with E-state index >= 15 is 0 Å². The molecule has 0 aromatic rings. The van der Waals surface area contributed by atoms with Gasteiger partial charge in [0.05, 0.1) is 6.61 Å². The van der Waals surface area contributed by atoms with Crippen molar-refractivity contribution in [3.8, 4) is 0 Å². The summed E-state index contributed by atoms with van der Waals surface area (Å²) in [7, 11) is 0. The van der Waals surface area contributed by atoms with Crippen LogP contribution in [0.3, 0.4) is 0 Å². The van der Waals surface area contributed by atoms with E-state index in [0.29, 0.717) is 31.4 Å². The number of rotatable bonds is 7. The van der Waals surface area contributed by atoms with Crippen LogP contribution in [-0.2, 0) is 14.3 Å². The zero-order valence-corrected chi connectivity index (χ0v) is 8.97. The minimum absolute atomic E-state index is 0.179. The third-order valence-electron chi connectivity index (χ3n) is 1.80. The fourth-order valence-corrected chi connectivity index (χ4v) is 1.03. The van der Waals surface area contributed by atoms with Gasteiger partial charge in [0, 0.05) is 18.4 Å². The van der Waals surface area contributed by atoms with Gasteiger partial charge in [-0.3, -0.25) is 4.79 Å². The van der Waals surface area contributed by atoms with Gasteiger partial charge in [-0.2, -0.15) is 0 Å². The highest BCUT2D eigenvalue weighted by atomic mass is 16.5. The van der Waals surface area contributed by atoms with E-state index in [1.54, 1.807) is 6.92 Å². The van der Waals surface area contributed by atoms with Crippen LogP contribution < -0.4 is 0 Å². The van der Waals surface area contributed by atoms with E-state index in [0.717, 1.165) is 6.42 Å². The highest BCUT2D eigenvalue weighted by Gasteiger charge is 2.09. The van der Waals surface area contributed by atoms with E-state index in [9.17, 15) is 9.59 Å². The summed E-state index contributed by atoms with van der Waals surface area (Å²) >= 11 is 0. The third kappa shape index (κ3) is 5.51. The molecule has 0 aliphatic carbocycles. The lowest BCUT2D eigenvalue weighted by Gasteiger charge is -2.03. The van der Waals surface area contributed by atoms with Crippen LogP contribution in [0.4, 0.5) is 0 Å². The van der Waals surface area contributed by atoms with Crippen molar-refractivity contribution in [3.05, 3.63) is 12.2 Å². The van der Waals surface area contributed by atoms with Gasteiger partial charge in [-0.25, -0.2) is 4.79 Å². The molecule has 0 aliphatic rings. The van der Waals surface area contributed by atoms with Crippen molar-refractivity contribution >= 4 is 11.8 Å². The number of hydrogen-bond donors (Lipinski definition) is 0. The topological polar surface area (TPSA) is 43.4 Å². The van der Waals surface area contributed by atoms with Gasteiger partial charge in [-0.1, -0.05) is 13.5 Å². The molecule has 0 aromatic carbocycles. The smallest absolute Gasteiger partial charge is 0.333 e. The summed E-state index contributed by atoms with van der Waals surface area (Å²) in [5.41, 5.74) is 0.385. The van der Waals surface area contributed by atoms with Gasteiger partial charge >= 0.3 is 5.97 Å². The summed E-state index contributed by atoms with van der Waals surface area (Å²) < 4.78 is 4.75. The molecule has 0 aromatic heterocycles. The Kier molecular flexibility index (Phi) is 6.72. The lowest BCUT2D eigenvalue weighted by molar-refractivity contribution is -0.138. The maximum absolute atomic E-state index is 11.1. The monoisotopic (exact) mass is 198 g/mol. The van der Waals surface area contributed by atoms with Crippen LogP contribution in [0.15, 0.2) is 12.2 Å². The summed E-state index contributed by atoms with van der Waals surface area (Å²) in [6.07, 6.45) is 2.24. The Hall–Kier alpha value is -1.12. The molecule has 0 atom stereocenters. The van der Waals surface area contributed by atoms with Crippen LogP contribution in [0.5, 0.6) is 0 Å². The van der Waals surface area contributed by atoms with Crippen LogP contribution in [-0.4, -0.2) is 18.4 Å². The Bertz CT molecular complexity index is 219. The molecule has 0 bridgehead atoms. The summed E-state index contributed by atoms with van der Waals surface area (Å²) in [5.74, 6) is -0.213. The number of ether oxygens (including phenoxy) is 1. The van der Waals surface area contributed by atoms with Crippen molar-refractivity contribution in [1.29, 1.82) is 0 Å². The molecule has 0 aliphatic heterocycles. The van der Waals surface area contributed by atoms with E-state index in [1.165, 1.54) is 0 Å². The first kappa shape index (κ1) is 12.9. The van der Waals surface area contributed by atoms with Crippen LogP contribution in [0.25, 0.3) is 0 Å². The summed E-state index contributed by atoms with van der Waals surface area (Å²) in [4.78, 5) is 22.2. The average molecular weight is 198 g/mol. The largest absolute Gasteiger partial charge is 0.463 e. The first-order valence-electron chi connectivity index (χ1n) is 4.98. The Morgan fingerprint density at radius 2 is 1.79 bits per heavy atom. The number of carbonyl (C=O) groups excluding carboxylic acids is 2. The number of ketones is 1. The quantitative estimate of drug-likeness (QED) is 0.465. The van der Waals surface area contributed by atoms with Gasteiger partial charge < -0.3 is 4.74 Å². The standard InChI is InChI=1S/C11H18O3/c1-4-6-10(12)8-7-9(3)11(13)14-5-2/h3-8H2,1-2H3. The molecule has 0 amide bonds. The minimum Gasteiger partial charge on any atom is -0.463 e. The molecule has 0 heterocycles. The van der Waals surface area contributed by atoms with Crippen molar-refractivity contribution in [2.24, 2.45) is 0 Å². The second-order valence-corrected chi connectivity index (χ2v) is 3.11. The predicted octanol–water partition coefficient (Wildman–Crippen LogP) is 2.26. The van der Waals surface area contributed by atoms with Crippen molar-refractivity contribution in [3.63, 3.8) is 0 Å². The second-order valence-electron chi connectivity index (χ2n) is 3.11. The van der Waals surface area contributed by atoms with Crippen LogP contribution in [0, 0.1) is 0 Å². The molecule has 0 saturated heterocycles. The average Bonchev–Trinajstić information content (AvgIpc) is 2.15. The first-order chi connectivity index (χ1) is 6.61. The minimum atomic E-state index is -0.392. The zero-order valence-electron chi connectivity index (χ0n) is 8.97. The number of esters is 1. The normalized spacial score (nSPS) is 9.57. The van der Waals surface area contributed by atoms with Crippen molar-refractivity contribution in [1.82, 2.24) is 0 Å². The molecule has 0 rings (SSSR count). The number of hydrogen-bond acceptors (Lipinski definition) is 3. The zero-order chi connectivity index (χ0) is 11.0. The molecular formula is C11H18O3. The molecular weight excluding hydrogens is 180 g/mol. The molecule has 0 spiro atoms. The van der Waals surface area contributed by atoms with Gasteiger partial charge in [-0.15, -0.1) is 0 Å². The predicted molar refractivity (Wildman–Crippen MR) is 54.9 cm³/mol. The molecule has 0 N–H and O–H groups in total. The maximum Gasteiger partial charge on any atom is 0.333 e. The molecule has 0 fully saturated rings. The van der Waals surface area contributed by atoms with Crippen molar-refractivity contribution in [2.75, 3.05) is 6.61 Å². The fraction of sp³-hybridized carbons (Fsp3) is 0.636. The molecule has 80 valence electrons. The Labute approximate surface area is 85.1 Å². The SMILES string of the molecule is C=C(CCC(=O)CCC)C(=O)OCC. The highest BCUT2D eigenvalue weighted by Crippen LogP contribution is 2.07. The highest BCUT2D eigenvalue weighted by molar-refractivity contribution is 5.89. The van der Waals surface area contributed by atoms with Crippen LogP contribution in [0.2, 0.25) is 0 Å². The Morgan fingerprint density at radius 3 is 2.29 bits per heavy atom. The molecule has 14 heavy (non-hydrogen) atoms. The van der Waals surface area contributed by atoms with E-state index in [1.807, 2.05) is 6.92 Å². The van der Waals surface area contributed by atoms with E-state index < -0.39 is 5.97 Å². The lowest BCUT2D eigenvalue weighted by Crippen LogP contribution is -2.08. The summed E-state index contributed by atoms with van der Waals surface area (Å²) in [6, 6.07) is 0. The fourth-order valence-electron chi connectivity index (χ4n) is 1.03. The maximum atomic E-state index is 11.1. The second kappa shape index (κ2) is 7.30. The third-order valence-corrected chi connectivity index (χ3v) is 1.80. The van der Waals surface area contributed by atoms with E-state index in [2.05, 4.69) is 6.58 Å². The van der Waals surface area contributed by atoms with Gasteiger partial charge in [0.2, 0.25) is 0 Å². The summed E-state index contributed by atoms with van der Waals surface area (Å²) in [5, 5.41) is 0. The number of carbonyl (C=O) groups is 2. The van der Waals surface area contributed by atoms with Crippen molar-refractivity contribution in [2.45, 2.75) is 39.5 Å². The van der Waals surface area contributed by atoms with Gasteiger partial charge in [0.1, 0.15) is 5.78 Å². The lowest BCUT2D eigenvalue weighted by atomic mass is 10.1. The van der Waals surface area contributed by atoms with Crippen LogP contribution >= 0.6 is 0 Å². The summed E-state index contributed by atoms with van der Waals surface area (Å²) in [6.45, 7) is 7.63. The van der Waals surface area contributed by atoms with Crippen molar-refractivity contribution < 1.29 is 14.3 Å². The van der Waals surface area contributed by atoms with Gasteiger partial charge in [-0.05, 0) is 19.8 Å². The van der Waals surface area contributed by atoms with E-state index in [4.69, 9.17) is 4.74 Å². The number of Topliss-reactive ketones (excluding diaryl/α,β-unsaturated/α-hetero) is 1. The molecule has 3 nitrogen and oxygen atoms in total. The molecule has 3 heteroatoms. The molecule has 0 radical (unpaired) electrons. The molecule has 0 saturated carbocycles. The van der Waals surface area contributed by atoms with E-state index in [-0.39, 0.29) is 5.78 Å². The molecule has 0 unspecified atom stereocenters. The first-order valence-corrected chi connectivity index (χ1v) is 4.98. The van der Waals surface area contributed by atoms with Gasteiger partial charge in [0.25, 0.3) is 0 Å². The van der Waals surface area contributed by atoms with Crippen LogP contribution in [0.1, 0.15) is 39.5 Å². The van der Waals surface area contributed by atoms with Gasteiger partial charge in [0.15, 0.2) is 0 Å².